The van der Waals surface area contributed by atoms with Crippen molar-refractivity contribution in [2.75, 3.05) is 0 Å². The topological polar surface area (TPSA) is 372 Å². The Morgan fingerprint density at radius 1 is 0.500 bits per heavy atom. The monoisotopic (exact) mass is 1040 g/mol. The van der Waals surface area contributed by atoms with Crippen LogP contribution in [0.15, 0.2) is 0 Å². The molecule has 0 unspecified atom stereocenters. The van der Waals surface area contributed by atoms with Gasteiger partial charge in [-0.25, -0.2) is 0 Å². The average molecular weight is 1040 g/mol. The van der Waals surface area contributed by atoms with Crippen molar-refractivity contribution in [1.29, 1.82) is 0 Å². The molecule has 0 aromatic carbocycles. The van der Waals surface area contributed by atoms with Crippen molar-refractivity contribution in [3.63, 3.8) is 0 Å². The largest absolute Gasteiger partial charge is 3.00 e. The third kappa shape index (κ3) is 50.8. The van der Waals surface area contributed by atoms with Gasteiger partial charge in [0, 0.05) is 0 Å². The molecule has 0 amide bonds. The molecule has 28 heavy (non-hydrogen) atoms. The van der Waals surface area contributed by atoms with E-state index in [4.69, 9.17) is 29.4 Å². The fraction of sp³-hybridized carbons (Fsp3) is 0. The Hall–Kier alpha value is 1.61. The first-order valence-corrected chi connectivity index (χ1v) is 23.3. The minimum Gasteiger partial charge on any atom is 3.00 e. The van der Waals surface area contributed by atoms with Gasteiger partial charge in [-0.3, -0.25) is 0 Å². The summed E-state index contributed by atoms with van der Waals surface area (Å²) in [4.78, 5) is 46.2. The third-order valence-electron chi connectivity index (χ3n) is 0.565. The summed E-state index contributed by atoms with van der Waals surface area (Å²) in [5.41, 5.74) is 0. The van der Waals surface area contributed by atoms with Gasteiger partial charge in [0.05, 0.1) is 0 Å². The molecule has 171 valence electrons. The van der Waals surface area contributed by atoms with Crippen LogP contribution in [0.25, 0.3) is 0 Å². The van der Waals surface area contributed by atoms with E-state index in [9.17, 15) is 45.4 Å². The van der Waals surface area contributed by atoms with Crippen LogP contribution < -0.4 is 11.3 Å². The maximum atomic E-state index is 9.57. The van der Waals surface area contributed by atoms with Gasteiger partial charge in [-0.05, 0) is 0 Å². The molecule has 0 fully saturated rings. The number of hydrogen-bond donors (Lipinski definition) is 6. The summed E-state index contributed by atoms with van der Waals surface area (Å²) >= 11 is -19.3. The van der Waals surface area contributed by atoms with Crippen LogP contribution >= 0.6 is 23.5 Å². The average Bonchev–Trinajstić information content (AvgIpc) is 1.96. The molecule has 6 N–H and O–H groups in total. The molecule has 0 saturated carbocycles. The zero-order chi connectivity index (χ0) is 23.1. The van der Waals surface area contributed by atoms with Crippen molar-refractivity contribution in [1.82, 2.24) is 0 Å². The van der Waals surface area contributed by atoms with Crippen molar-refractivity contribution in [2.24, 2.45) is 0 Å². The van der Waals surface area contributed by atoms with Gasteiger partial charge in [-0.1, -0.05) is 0 Å². The Labute approximate surface area is 174 Å². The standard InChI is InChI=1S/Cr.3H3O4P.9O.3W/c;3*1-5(2,3)4;;;;;;;;;;;;/h;3*(H3,1,2,3,4);;;;;;;;;;;;/q+3;;;;;;;;;;3*-1;3*+1/p-3. The van der Waals surface area contributed by atoms with E-state index in [-0.39, 0.29) is 17.4 Å². The summed E-state index contributed by atoms with van der Waals surface area (Å²) in [6.45, 7) is 0. The molecule has 0 aliphatic rings. The van der Waals surface area contributed by atoms with Crippen molar-refractivity contribution >= 4 is 23.5 Å². The van der Waals surface area contributed by atoms with Gasteiger partial charge in [0.15, 0.2) is 0 Å². The maximum absolute atomic E-state index is 9.57. The van der Waals surface area contributed by atoms with E-state index < -0.39 is 73.7 Å². The van der Waals surface area contributed by atoms with Crippen molar-refractivity contribution in [2.45, 2.75) is 0 Å². The first-order chi connectivity index (χ1) is 11.1. The fourth-order valence-electron chi connectivity index (χ4n) is 0.357. The molecule has 0 aliphatic heterocycles. The van der Waals surface area contributed by atoms with E-state index >= 15 is 0 Å². The van der Waals surface area contributed by atoms with Crippen LogP contribution in [0.4, 0.5) is 0 Å². The van der Waals surface area contributed by atoms with Crippen LogP contribution in [0.1, 0.15) is 0 Å². The van der Waals surface area contributed by atoms with E-state index in [1.807, 2.05) is 0 Å². The number of phosphoric acid groups is 3. The fourth-order valence-corrected chi connectivity index (χ4v) is 8.76. The van der Waals surface area contributed by atoms with Crippen molar-refractivity contribution in [3.05, 3.63) is 0 Å². The minimum atomic E-state index is -6.44. The SMILES string of the molecule is O=P(O)(O)[O][W](=[O])(=[O])[O-].O=P(O)(O)[O][W](=[O])(=[O])[O-].O=P(O)(O)[O][W](=[O])(=[O])[O-].[Cr+3]. The molecule has 0 atom stereocenters. The molecular weight excluding hydrogens is 1030 g/mol. The van der Waals surface area contributed by atoms with Gasteiger partial charge >= 0.3 is 175 Å². The van der Waals surface area contributed by atoms with Crippen LogP contribution in [0, 0.1) is 0 Å². The van der Waals surface area contributed by atoms with Crippen LogP contribution in [-0.4, -0.2) is 29.4 Å². The van der Waals surface area contributed by atoms with Gasteiger partial charge in [-0.15, -0.1) is 0 Å². The summed E-state index contributed by atoms with van der Waals surface area (Å²) < 4.78 is 123. The van der Waals surface area contributed by atoms with E-state index in [0.717, 1.165) is 0 Å². The third-order valence-corrected chi connectivity index (χ3v) is 13.9. The predicted molar refractivity (Wildman–Crippen MR) is 43.5 cm³/mol. The Kier molecular flexibility index (Phi) is 17.4. The van der Waals surface area contributed by atoms with E-state index in [1.54, 1.807) is 0 Å². The van der Waals surface area contributed by atoms with E-state index in [1.165, 1.54) is 0 Å². The van der Waals surface area contributed by atoms with Crippen LogP contribution in [0.3, 0.4) is 0 Å². The van der Waals surface area contributed by atoms with Gasteiger partial charge in [0.2, 0.25) is 0 Å². The second-order valence-corrected chi connectivity index (χ2v) is 19.9. The smallest absolute Gasteiger partial charge is 3.00 e. The molecule has 28 heteroatoms. The quantitative estimate of drug-likeness (QED) is 0.135. The molecule has 0 bridgehead atoms. The molecule has 0 spiro atoms. The summed E-state index contributed by atoms with van der Waals surface area (Å²) in [6.07, 6.45) is 0. The zero-order valence-electron chi connectivity index (χ0n) is 11.8. The van der Waals surface area contributed by atoms with Gasteiger partial charge < -0.3 is 0 Å². The summed E-state index contributed by atoms with van der Waals surface area (Å²) in [7, 11) is -15.4. The van der Waals surface area contributed by atoms with Crippen LogP contribution in [-0.2, 0) is 111 Å². The maximum Gasteiger partial charge on any atom is 3.00 e. The second-order valence-electron chi connectivity index (χ2n) is 2.92. The van der Waals surface area contributed by atoms with E-state index in [0.29, 0.717) is 0 Å². The molecule has 21 nitrogen and oxygen atoms in total. The van der Waals surface area contributed by atoms with Crippen LogP contribution in [0.5, 0.6) is 0 Å². The molecule has 0 aliphatic carbocycles. The normalized spacial score (nSPS) is 13.2. The Morgan fingerprint density at radius 2 is 0.607 bits per heavy atom. The molecule has 0 rings (SSSR count). The second kappa shape index (κ2) is 13.2. The van der Waals surface area contributed by atoms with Crippen molar-refractivity contribution in [3.8, 4) is 0 Å². The molecule has 0 aromatic rings. The van der Waals surface area contributed by atoms with Crippen molar-refractivity contribution < 1.29 is 152 Å². The number of rotatable bonds is 6. The first kappa shape index (κ1) is 37.0. The molecule has 1 radical (unpaired) electrons. The number of hydrogen-bond acceptors (Lipinski definition) is 15. The van der Waals surface area contributed by atoms with Gasteiger partial charge in [-0.2, -0.15) is 0 Å². The first-order valence-electron chi connectivity index (χ1n) is 4.30. The van der Waals surface area contributed by atoms with Crippen LogP contribution in [0.2, 0.25) is 0 Å². The minimum absolute atomic E-state index is 0. The zero-order valence-corrected chi connectivity index (χ0v) is 24.5. The van der Waals surface area contributed by atoms with Gasteiger partial charge in [0.25, 0.3) is 0 Å². The molecule has 0 saturated heterocycles. The molecule has 0 aromatic heterocycles. The van der Waals surface area contributed by atoms with Gasteiger partial charge in [0.1, 0.15) is 0 Å². The molecular formula is H6CrO21P3W3. The summed E-state index contributed by atoms with van der Waals surface area (Å²) in [5, 5.41) is 0. The Bertz CT molecular complexity index is 776. The Balaban J connectivity index is -0.000000152. The summed E-state index contributed by atoms with van der Waals surface area (Å²) in [6, 6.07) is 0. The predicted octanol–water partition coefficient (Wildman–Crippen LogP) is -5.61. The molecule has 0 heterocycles. The van der Waals surface area contributed by atoms with E-state index in [2.05, 4.69) is 9.53 Å². The summed E-state index contributed by atoms with van der Waals surface area (Å²) in [5.74, 6) is 0. The Morgan fingerprint density at radius 3 is 0.607 bits per heavy atom.